The molecule has 1 N–H and O–H groups in total. The summed E-state index contributed by atoms with van der Waals surface area (Å²) in [5.74, 6) is -1.33. The maximum Gasteiger partial charge on any atom is 0.244 e. The van der Waals surface area contributed by atoms with E-state index in [9.17, 15) is 22.4 Å². The van der Waals surface area contributed by atoms with E-state index in [1.165, 1.54) is 17.0 Å². The molecule has 1 aliphatic rings. The summed E-state index contributed by atoms with van der Waals surface area (Å²) in [5, 5.41) is 3.18. The summed E-state index contributed by atoms with van der Waals surface area (Å²) >= 11 is 3.43. The maximum atomic E-state index is 14.1. The number of hydrogen-bond donors (Lipinski definition) is 1. The van der Waals surface area contributed by atoms with Gasteiger partial charge >= 0.3 is 0 Å². The second kappa shape index (κ2) is 14.1. The average molecular weight is 645 g/mol. The number of nitrogens with zero attached hydrogens (tertiary/aromatic N) is 2. The molecule has 0 saturated heterocycles. The molecular formula is C31H35BrFN3O4S. The zero-order valence-electron chi connectivity index (χ0n) is 23.0. The van der Waals surface area contributed by atoms with Crippen LogP contribution < -0.4 is 9.62 Å². The van der Waals surface area contributed by atoms with Crippen LogP contribution in [0.15, 0.2) is 83.3 Å². The summed E-state index contributed by atoms with van der Waals surface area (Å²) < 4.78 is 41.0. The summed E-state index contributed by atoms with van der Waals surface area (Å²) in [4.78, 5) is 29.5. The van der Waals surface area contributed by atoms with Gasteiger partial charge in [0.1, 0.15) is 18.4 Å². The lowest BCUT2D eigenvalue weighted by atomic mass is 9.94. The largest absolute Gasteiger partial charge is 0.352 e. The Bertz CT molecular complexity index is 1410. The highest BCUT2D eigenvalue weighted by Crippen LogP contribution is 2.23. The zero-order valence-corrected chi connectivity index (χ0v) is 25.4. The van der Waals surface area contributed by atoms with Crippen molar-refractivity contribution < 1.29 is 22.4 Å². The molecule has 2 amide bonds. The molecule has 0 unspecified atom stereocenters. The molecule has 41 heavy (non-hydrogen) atoms. The van der Waals surface area contributed by atoms with Crippen LogP contribution in [0.25, 0.3) is 0 Å². The smallest absolute Gasteiger partial charge is 0.244 e. The van der Waals surface area contributed by atoms with Crippen molar-refractivity contribution in [2.45, 2.75) is 57.2 Å². The van der Waals surface area contributed by atoms with Crippen molar-refractivity contribution in [1.82, 2.24) is 10.2 Å². The monoisotopic (exact) mass is 643 g/mol. The lowest BCUT2D eigenvalue weighted by molar-refractivity contribution is -0.140. The van der Waals surface area contributed by atoms with Gasteiger partial charge in [0.15, 0.2) is 0 Å². The molecule has 4 rings (SSSR count). The first-order valence-electron chi connectivity index (χ1n) is 13.7. The van der Waals surface area contributed by atoms with Crippen LogP contribution in [0.4, 0.5) is 10.1 Å². The fourth-order valence-corrected chi connectivity index (χ4v) is 6.22. The minimum absolute atomic E-state index is 0.0332. The summed E-state index contributed by atoms with van der Waals surface area (Å²) in [5.41, 5.74) is 1.83. The number of carbonyl (C=O) groups excluding carboxylic acids is 2. The molecule has 1 aliphatic carbocycles. The highest BCUT2D eigenvalue weighted by Gasteiger charge is 2.34. The van der Waals surface area contributed by atoms with Crippen LogP contribution in [-0.2, 0) is 32.6 Å². The van der Waals surface area contributed by atoms with E-state index in [-0.39, 0.29) is 30.6 Å². The fraction of sp³-hybridized carbons (Fsp3) is 0.355. The molecule has 0 spiro atoms. The lowest BCUT2D eigenvalue weighted by Crippen LogP contribution is -2.55. The van der Waals surface area contributed by atoms with Gasteiger partial charge in [-0.05, 0) is 60.4 Å². The van der Waals surface area contributed by atoms with Crippen LogP contribution in [0.3, 0.4) is 0 Å². The molecule has 0 radical (unpaired) electrons. The molecule has 0 bridgehead atoms. The molecule has 3 aromatic carbocycles. The second-order valence-corrected chi connectivity index (χ2v) is 13.3. The number of anilines is 1. The first kappa shape index (κ1) is 30.7. The molecule has 0 aliphatic heterocycles. The Balaban J connectivity index is 1.71. The number of rotatable bonds is 11. The van der Waals surface area contributed by atoms with Crippen LogP contribution >= 0.6 is 15.9 Å². The van der Waals surface area contributed by atoms with Crippen molar-refractivity contribution in [1.29, 1.82) is 0 Å². The van der Waals surface area contributed by atoms with Gasteiger partial charge in [0.05, 0.1) is 11.9 Å². The summed E-state index contributed by atoms with van der Waals surface area (Å²) in [7, 11) is -3.91. The molecule has 0 heterocycles. The quantitative estimate of drug-likeness (QED) is 0.301. The molecule has 10 heteroatoms. The molecule has 1 saturated carbocycles. The van der Waals surface area contributed by atoms with Crippen LogP contribution in [0.1, 0.15) is 43.2 Å². The molecule has 218 valence electrons. The average Bonchev–Trinajstić information content (AvgIpc) is 2.95. The first-order chi connectivity index (χ1) is 19.6. The number of hydrogen-bond acceptors (Lipinski definition) is 4. The normalized spacial score (nSPS) is 14.7. The Kier molecular flexibility index (Phi) is 10.6. The van der Waals surface area contributed by atoms with E-state index in [0.29, 0.717) is 0 Å². The van der Waals surface area contributed by atoms with Crippen LogP contribution in [-0.4, -0.2) is 50.0 Å². The minimum Gasteiger partial charge on any atom is -0.352 e. The van der Waals surface area contributed by atoms with Gasteiger partial charge in [-0.15, -0.1) is 0 Å². The zero-order chi connectivity index (χ0) is 29.4. The lowest BCUT2D eigenvalue weighted by Gasteiger charge is -2.35. The number of amides is 2. The fourth-order valence-electron chi connectivity index (χ4n) is 5.11. The third-order valence-corrected chi connectivity index (χ3v) is 8.95. The van der Waals surface area contributed by atoms with Crippen molar-refractivity contribution in [3.63, 3.8) is 0 Å². The van der Waals surface area contributed by atoms with E-state index < -0.39 is 34.3 Å². The van der Waals surface area contributed by atoms with Gasteiger partial charge in [-0.25, -0.2) is 12.8 Å². The van der Waals surface area contributed by atoms with E-state index in [4.69, 9.17) is 0 Å². The van der Waals surface area contributed by atoms with Gasteiger partial charge in [0.25, 0.3) is 0 Å². The van der Waals surface area contributed by atoms with E-state index in [1.807, 2.05) is 54.6 Å². The summed E-state index contributed by atoms with van der Waals surface area (Å²) in [6.07, 6.45) is 6.25. The van der Waals surface area contributed by atoms with Gasteiger partial charge in [-0.2, -0.15) is 0 Å². The van der Waals surface area contributed by atoms with Gasteiger partial charge in [0, 0.05) is 23.5 Å². The number of benzene rings is 3. The number of carbonyl (C=O) groups is 2. The molecule has 1 atom stereocenters. The standard InChI is InChI=1S/C31H35BrFN3O4S/c1-41(39,40)36(28-18-16-26(33)17-19-28)22-30(37)35(21-24-12-14-25(32)15-13-24)29(20-23-8-4-2-5-9-23)31(38)34-27-10-6-3-7-11-27/h2,4-5,8-9,12-19,27,29H,3,6-7,10-11,20-22H2,1H3,(H,34,38)/t29-/m0/s1. The maximum absolute atomic E-state index is 14.1. The highest BCUT2D eigenvalue weighted by molar-refractivity contribution is 9.10. The Morgan fingerprint density at radius 2 is 1.56 bits per heavy atom. The number of nitrogens with one attached hydrogen (secondary N) is 1. The predicted octanol–water partition coefficient (Wildman–Crippen LogP) is 5.44. The summed E-state index contributed by atoms with van der Waals surface area (Å²) in [6.45, 7) is -0.439. The van der Waals surface area contributed by atoms with Gasteiger partial charge in [-0.3, -0.25) is 13.9 Å². The minimum atomic E-state index is -3.91. The predicted molar refractivity (Wildman–Crippen MR) is 162 cm³/mol. The van der Waals surface area contributed by atoms with Gasteiger partial charge < -0.3 is 10.2 Å². The third kappa shape index (κ3) is 8.87. The molecule has 1 fully saturated rings. The summed E-state index contributed by atoms with van der Waals surface area (Å²) in [6, 6.07) is 21.0. The first-order valence-corrected chi connectivity index (χ1v) is 16.4. The Hall–Kier alpha value is -3.24. The second-order valence-electron chi connectivity index (χ2n) is 10.4. The highest BCUT2D eigenvalue weighted by atomic mass is 79.9. The Morgan fingerprint density at radius 3 is 2.17 bits per heavy atom. The molecule has 3 aromatic rings. The van der Waals surface area contributed by atoms with Gasteiger partial charge in [-0.1, -0.05) is 77.7 Å². The van der Waals surface area contributed by atoms with E-state index >= 15 is 0 Å². The molecule has 0 aromatic heterocycles. The number of sulfonamides is 1. The van der Waals surface area contributed by atoms with Crippen LogP contribution in [0.5, 0.6) is 0 Å². The van der Waals surface area contributed by atoms with Crippen LogP contribution in [0, 0.1) is 5.82 Å². The Morgan fingerprint density at radius 1 is 0.927 bits per heavy atom. The van der Waals surface area contributed by atoms with Crippen molar-refractivity contribution in [3.8, 4) is 0 Å². The van der Waals surface area contributed by atoms with Crippen molar-refractivity contribution in [2.24, 2.45) is 0 Å². The Labute approximate surface area is 249 Å². The topological polar surface area (TPSA) is 86.8 Å². The number of halogens is 2. The third-order valence-electron chi connectivity index (χ3n) is 7.28. The van der Waals surface area contributed by atoms with Crippen LogP contribution in [0.2, 0.25) is 0 Å². The molecular weight excluding hydrogens is 609 g/mol. The molecule has 7 nitrogen and oxygen atoms in total. The van der Waals surface area contributed by atoms with Crippen molar-refractivity contribution >= 4 is 43.5 Å². The van der Waals surface area contributed by atoms with E-state index in [2.05, 4.69) is 21.2 Å². The SMILES string of the molecule is CS(=O)(=O)N(CC(=O)N(Cc1ccc(Br)cc1)[C@@H](Cc1ccccc1)C(=O)NC1CCCCC1)c1ccc(F)cc1. The van der Waals surface area contributed by atoms with Crippen molar-refractivity contribution in [3.05, 3.63) is 100 Å². The van der Waals surface area contributed by atoms with Crippen molar-refractivity contribution in [2.75, 3.05) is 17.1 Å². The van der Waals surface area contributed by atoms with E-state index in [0.717, 1.165) is 70.4 Å². The van der Waals surface area contributed by atoms with E-state index in [1.54, 1.807) is 0 Å². The van der Waals surface area contributed by atoms with Gasteiger partial charge in [0.2, 0.25) is 21.8 Å².